The number of carbonyl (C=O) groups excluding carboxylic acids is 1. The smallest absolute Gasteiger partial charge is 0.258 e. The number of para-hydroxylation sites is 1. The second kappa shape index (κ2) is 5.30. The third kappa shape index (κ3) is 2.08. The fourth-order valence-electron chi connectivity index (χ4n) is 3.30. The molecule has 1 amide bonds. The maximum atomic E-state index is 13.1. The largest absolute Gasteiger partial charge is 0.308 e. The molecule has 0 aromatic heterocycles. The summed E-state index contributed by atoms with van der Waals surface area (Å²) in [4.78, 5) is 15.0. The Labute approximate surface area is 130 Å². The Hall–Kier alpha value is -2.61. The first-order chi connectivity index (χ1) is 10.8. The van der Waals surface area contributed by atoms with Crippen LogP contribution < -0.4 is 4.90 Å². The zero-order valence-electron chi connectivity index (χ0n) is 12.3. The van der Waals surface area contributed by atoms with E-state index in [-0.39, 0.29) is 5.91 Å². The van der Waals surface area contributed by atoms with Gasteiger partial charge in [-0.3, -0.25) is 4.79 Å². The summed E-state index contributed by atoms with van der Waals surface area (Å²) in [5.41, 5.74) is 3.11. The standard InChI is InChI=1S/C20H17NO/c22-20(18-12-5-9-15-7-1-3-11-17(15)18)21-14-6-10-16-8-2-4-13-19(16)21/h1-5,7-9,11-13H,6,10,14H2. The Morgan fingerprint density at radius 1 is 0.864 bits per heavy atom. The van der Waals surface area contributed by atoms with Crippen molar-refractivity contribution in [1.29, 1.82) is 0 Å². The van der Waals surface area contributed by atoms with Gasteiger partial charge in [0.25, 0.3) is 5.91 Å². The summed E-state index contributed by atoms with van der Waals surface area (Å²) in [6, 6.07) is 22.3. The predicted octanol–water partition coefficient (Wildman–Crippen LogP) is 4.43. The van der Waals surface area contributed by atoms with Crippen molar-refractivity contribution in [3.8, 4) is 0 Å². The molecule has 0 unspecified atom stereocenters. The van der Waals surface area contributed by atoms with Crippen LogP contribution in [0, 0.1) is 0 Å². The van der Waals surface area contributed by atoms with E-state index in [2.05, 4.69) is 24.3 Å². The number of benzene rings is 3. The molecule has 0 saturated heterocycles. The highest BCUT2D eigenvalue weighted by molar-refractivity contribution is 6.14. The van der Waals surface area contributed by atoms with E-state index in [1.54, 1.807) is 0 Å². The maximum Gasteiger partial charge on any atom is 0.258 e. The Morgan fingerprint density at radius 2 is 1.64 bits per heavy atom. The first-order valence-corrected chi connectivity index (χ1v) is 7.72. The summed E-state index contributed by atoms with van der Waals surface area (Å²) < 4.78 is 0. The highest BCUT2D eigenvalue weighted by atomic mass is 16.2. The minimum absolute atomic E-state index is 0.101. The van der Waals surface area contributed by atoms with Crippen LogP contribution in [0.5, 0.6) is 0 Å². The fraction of sp³-hybridized carbons (Fsp3) is 0.150. The van der Waals surface area contributed by atoms with Gasteiger partial charge >= 0.3 is 0 Å². The van der Waals surface area contributed by atoms with Gasteiger partial charge in [-0.1, -0.05) is 54.6 Å². The van der Waals surface area contributed by atoms with Crippen LogP contribution >= 0.6 is 0 Å². The fourth-order valence-corrected chi connectivity index (χ4v) is 3.30. The number of fused-ring (bicyclic) bond motifs is 2. The van der Waals surface area contributed by atoms with Crippen molar-refractivity contribution in [3.05, 3.63) is 77.9 Å². The van der Waals surface area contributed by atoms with Crippen molar-refractivity contribution in [2.24, 2.45) is 0 Å². The Bertz CT molecular complexity index is 848. The number of rotatable bonds is 1. The molecule has 0 fully saturated rings. The molecule has 3 aromatic rings. The first kappa shape index (κ1) is 13.1. The van der Waals surface area contributed by atoms with Crippen LogP contribution in [-0.2, 0) is 6.42 Å². The van der Waals surface area contributed by atoms with E-state index >= 15 is 0 Å². The van der Waals surface area contributed by atoms with Crippen LogP contribution in [0.2, 0.25) is 0 Å². The monoisotopic (exact) mass is 287 g/mol. The molecule has 0 N–H and O–H groups in total. The van der Waals surface area contributed by atoms with E-state index < -0.39 is 0 Å². The van der Waals surface area contributed by atoms with Crippen LogP contribution in [0.4, 0.5) is 5.69 Å². The molecule has 1 heterocycles. The summed E-state index contributed by atoms with van der Waals surface area (Å²) in [6.07, 6.45) is 2.07. The highest BCUT2D eigenvalue weighted by Gasteiger charge is 2.24. The van der Waals surface area contributed by atoms with Crippen molar-refractivity contribution in [3.63, 3.8) is 0 Å². The Balaban J connectivity index is 1.82. The van der Waals surface area contributed by atoms with Gasteiger partial charge < -0.3 is 4.90 Å². The lowest BCUT2D eigenvalue weighted by atomic mass is 9.99. The number of carbonyl (C=O) groups is 1. The van der Waals surface area contributed by atoms with Gasteiger partial charge in [-0.15, -0.1) is 0 Å². The van der Waals surface area contributed by atoms with Crippen molar-refractivity contribution in [2.75, 3.05) is 11.4 Å². The van der Waals surface area contributed by atoms with Gasteiger partial charge in [0.15, 0.2) is 0 Å². The van der Waals surface area contributed by atoms with Crippen LogP contribution in [0.1, 0.15) is 22.3 Å². The maximum absolute atomic E-state index is 13.1. The average Bonchev–Trinajstić information content (AvgIpc) is 2.60. The molecule has 0 aliphatic carbocycles. The van der Waals surface area contributed by atoms with E-state index in [0.717, 1.165) is 41.4 Å². The molecule has 22 heavy (non-hydrogen) atoms. The zero-order valence-corrected chi connectivity index (χ0v) is 12.3. The van der Waals surface area contributed by atoms with Crippen molar-refractivity contribution >= 4 is 22.4 Å². The van der Waals surface area contributed by atoms with E-state index in [0.29, 0.717) is 0 Å². The van der Waals surface area contributed by atoms with Crippen LogP contribution in [0.3, 0.4) is 0 Å². The lowest BCUT2D eigenvalue weighted by Gasteiger charge is -2.29. The van der Waals surface area contributed by atoms with Gasteiger partial charge in [-0.25, -0.2) is 0 Å². The van der Waals surface area contributed by atoms with Crippen molar-refractivity contribution in [1.82, 2.24) is 0 Å². The van der Waals surface area contributed by atoms with Gasteiger partial charge in [0.1, 0.15) is 0 Å². The molecule has 0 saturated carbocycles. The number of anilines is 1. The van der Waals surface area contributed by atoms with Crippen LogP contribution in [0.25, 0.3) is 10.8 Å². The van der Waals surface area contributed by atoms with E-state index in [9.17, 15) is 4.79 Å². The Kier molecular flexibility index (Phi) is 3.15. The summed E-state index contributed by atoms with van der Waals surface area (Å²) in [5.74, 6) is 0.101. The molecule has 3 aromatic carbocycles. The minimum atomic E-state index is 0.101. The van der Waals surface area contributed by atoms with Crippen LogP contribution in [-0.4, -0.2) is 12.5 Å². The summed E-state index contributed by atoms with van der Waals surface area (Å²) in [6.45, 7) is 0.791. The first-order valence-electron chi connectivity index (χ1n) is 7.72. The average molecular weight is 287 g/mol. The van der Waals surface area contributed by atoms with E-state index in [4.69, 9.17) is 0 Å². The van der Waals surface area contributed by atoms with Gasteiger partial charge in [0.05, 0.1) is 0 Å². The second-order valence-electron chi connectivity index (χ2n) is 5.72. The van der Waals surface area contributed by atoms with Gasteiger partial charge in [0.2, 0.25) is 0 Å². The molecule has 2 heteroatoms. The molecule has 1 aliphatic heterocycles. The molecule has 2 nitrogen and oxygen atoms in total. The summed E-state index contributed by atoms with van der Waals surface area (Å²) >= 11 is 0. The second-order valence-corrected chi connectivity index (χ2v) is 5.72. The SMILES string of the molecule is O=C(c1cccc2ccccc12)N1CCCc2ccccc21. The molecule has 4 rings (SSSR count). The predicted molar refractivity (Wildman–Crippen MR) is 90.4 cm³/mol. The molecular weight excluding hydrogens is 270 g/mol. The van der Waals surface area contributed by atoms with Gasteiger partial charge in [-0.05, 0) is 41.3 Å². The van der Waals surface area contributed by atoms with Crippen molar-refractivity contribution in [2.45, 2.75) is 12.8 Å². The number of amides is 1. The topological polar surface area (TPSA) is 20.3 Å². The number of nitrogens with zero attached hydrogens (tertiary/aromatic N) is 1. The summed E-state index contributed by atoms with van der Waals surface area (Å²) in [5, 5.41) is 2.14. The normalized spacial score (nSPS) is 13.9. The third-order valence-corrected chi connectivity index (χ3v) is 4.38. The zero-order chi connectivity index (χ0) is 14.9. The van der Waals surface area contributed by atoms with E-state index in [1.807, 2.05) is 47.4 Å². The molecular formula is C20H17NO. The molecule has 0 bridgehead atoms. The van der Waals surface area contributed by atoms with Crippen LogP contribution in [0.15, 0.2) is 66.7 Å². The van der Waals surface area contributed by atoms with E-state index in [1.165, 1.54) is 5.56 Å². The lowest BCUT2D eigenvalue weighted by Crippen LogP contribution is -2.35. The van der Waals surface area contributed by atoms with Gasteiger partial charge in [0, 0.05) is 17.8 Å². The highest BCUT2D eigenvalue weighted by Crippen LogP contribution is 2.29. The van der Waals surface area contributed by atoms with Gasteiger partial charge in [-0.2, -0.15) is 0 Å². The number of aryl methyl sites for hydroxylation is 1. The molecule has 0 spiro atoms. The molecule has 0 radical (unpaired) electrons. The third-order valence-electron chi connectivity index (χ3n) is 4.38. The lowest BCUT2D eigenvalue weighted by molar-refractivity contribution is 0.0986. The minimum Gasteiger partial charge on any atom is -0.308 e. The number of hydrogen-bond acceptors (Lipinski definition) is 1. The quantitative estimate of drug-likeness (QED) is 0.648. The molecule has 1 aliphatic rings. The number of hydrogen-bond donors (Lipinski definition) is 0. The van der Waals surface area contributed by atoms with Crippen molar-refractivity contribution < 1.29 is 4.79 Å². The summed E-state index contributed by atoms with van der Waals surface area (Å²) in [7, 11) is 0. The molecule has 0 atom stereocenters. The Morgan fingerprint density at radius 3 is 2.59 bits per heavy atom. The molecule has 108 valence electrons.